The number of anilines is 1. The quantitative estimate of drug-likeness (QED) is 0.348. The number of aromatic nitrogens is 3. The number of amides is 1. The molecule has 4 aromatic rings. The van der Waals surface area contributed by atoms with Crippen molar-refractivity contribution in [1.29, 1.82) is 0 Å². The number of nitrogens with zero attached hydrogens (tertiary/aromatic N) is 3. The molecule has 1 N–H and O–H groups in total. The van der Waals surface area contributed by atoms with Crippen molar-refractivity contribution < 1.29 is 14.1 Å². The molecule has 0 saturated carbocycles. The first kappa shape index (κ1) is 22.9. The molecule has 1 amide bonds. The van der Waals surface area contributed by atoms with Gasteiger partial charge >= 0.3 is 0 Å². The van der Waals surface area contributed by atoms with Crippen molar-refractivity contribution in [3.63, 3.8) is 0 Å². The molecule has 170 valence electrons. The van der Waals surface area contributed by atoms with E-state index in [1.54, 1.807) is 36.0 Å². The van der Waals surface area contributed by atoms with Gasteiger partial charge in [0.2, 0.25) is 0 Å². The zero-order valence-corrected chi connectivity index (χ0v) is 19.9. The van der Waals surface area contributed by atoms with Crippen molar-refractivity contribution in [2.75, 3.05) is 5.32 Å². The van der Waals surface area contributed by atoms with E-state index in [9.17, 15) is 4.79 Å². The van der Waals surface area contributed by atoms with E-state index in [0.717, 1.165) is 22.4 Å². The van der Waals surface area contributed by atoms with E-state index in [0.29, 0.717) is 33.7 Å². The predicted octanol–water partition coefficient (Wildman–Crippen LogP) is 5.98. The van der Waals surface area contributed by atoms with Crippen LogP contribution in [-0.4, -0.2) is 20.8 Å². The lowest BCUT2D eigenvalue weighted by Gasteiger charge is -2.10. The maximum atomic E-state index is 12.9. The van der Waals surface area contributed by atoms with Crippen LogP contribution in [0.25, 0.3) is 0 Å². The first-order valence-corrected chi connectivity index (χ1v) is 11.0. The fourth-order valence-corrected chi connectivity index (χ4v) is 3.59. The van der Waals surface area contributed by atoms with Gasteiger partial charge in [-0.15, -0.1) is 0 Å². The molecule has 0 bridgehead atoms. The van der Waals surface area contributed by atoms with Crippen LogP contribution in [0.3, 0.4) is 0 Å². The van der Waals surface area contributed by atoms with Crippen molar-refractivity contribution in [1.82, 2.24) is 14.9 Å². The van der Waals surface area contributed by atoms with Gasteiger partial charge in [0.1, 0.15) is 18.1 Å². The van der Waals surface area contributed by atoms with Crippen LogP contribution >= 0.6 is 23.2 Å². The van der Waals surface area contributed by atoms with Crippen molar-refractivity contribution in [2.24, 2.45) is 0 Å². The van der Waals surface area contributed by atoms with Crippen LogP contribution in [0.1, 0.15) is 38.5 Å². The van der Waals surface area contributed by atoms with E-state index in [-0.39, 0.29) is 12.3 Å². The Hall–Kier alpha value is -3.29. The summed E-state index contributed by atoms with van der Waals surface area (Å²) in [5.41, 5.74) is 3.78. The van der Waals surface area contributed by atoms with E-state index in [1.165, 1.54) is 0 Å². The van der Waals surface area contributed by atoms with E-state index < -0.39 is 5.91 Å². The Kier molecular flexibility index (Phi) is 6.72. The van der Waals surface area contributed by atoms with Gasteiger partial charge in [-0.1, -0.05) is 46.6 Å². The summed E-state index contributed by atoms with van der Waals surface area (Å²) >= 11 is 12.0. The number of carbonyl (C=O) groups excluding carboxylic acids is 1. The second-order valence-electron chi connectivity index (χ2n) is 7.72. The summed E-state index contributed by atoms with van der Waals surface area (Å²) < 4.78 is 12.9. The number of ether oxygens (including phenoxy) is 1. The monoisotopic (exact) mass is 484 g/mol. The highest BCUT2D eigenvalue weighted by Gasteiger charge is 2.21. The molecule has 0 aliphatic rings. The van der Waals surface area contributed by atoms with E-state index >= 15 is 0 Å². The minimum atomic E-state index is -0.425. The van der Waals surface area contributed by atoms with Crippen LogP contribution in [0, 0.1) is 20.8 Å². The van der Waals surface area contributed by atoms with Gasteiger partial charge in [-0.25, -0.2) is 0 Å². The molecular formula is C24H22Cl2N4O3. The van der Waals surface area contributed by atoms with Crippen molar-refractivity contribution in [3.8, 4) is 5.75 Å². The first-order valence-electron chi connectivity index (χ1n) is 10.2. The van der Waals surface area contributed by atoms with Crippen LogP contribution in [-0.2, 0) is 13.2 Å². The summed E-state index contributed by atoms with van der Waals surface area (Å²) in [4.78, 5) is 12.9. The molecule has 0 spiro atoms. The van der Waals surface area contributed by atoms with Crippen molar-refractivity contribution >= 4 is 34.9 Å². The molecule has 4 rings (SSSR count). The van der Waals surface area contributed by atoms with Gasteiger partial charge in [-0.05, 0) is 55.7 Å². The smallest absolute Gasteiger partial charge is 0.279 e. The number of benzene rings is 2. The van der Waals surface area contributed by atoms with E-state index in [4.69, 9.17) is 32.5 Å². The molecule has 9 heteroatoms. The van der Waals surface area contributed by atoms with Crippen molar-refractivity contribution in [3.05, 3.63) is 92.4 Å². The van der Waals surface area contributed by atoms with Gasteiger partial charge in [0.05, 0.1) is 22.2 Å². The van der Waals surface area contributed by atoms with Crippen LogP contribution in [0.4, 0.5) is 5.82 Å². The maximum absolute atomic E-state index is 12.9. The normalized spacial score (nSPS) is 10.9. The predicted molar refractivity (Wildman–Crippen MR) is 127 cm³/mol. The van der Waals surface area contributed by atoms with Gasteiger partial charge in [0.15, 0.2) is 11.5 Å². The minimum Gasteiger partial charge on any atom is -0.488 e. The Bertz CT molecular complexity index is 1310. The number of carbonyl (C=O) groups is 1. The third-order valence-corrected chi connectivity index (χ3v) is 5.87. The van der Waals surface area contributed by atoms with Crippen LogP contribution in [0.15, 0.2) is 53.2 Å². The lowest BCUT2D eigenvalue weighted by molar-refractivity contribution is 0.101. The van der Waals surface area contributed by atoms with E-state index in [2.05, 4.69) is 15.6 Å². The second kappa shape index (κ2) is 9.68. The molecule has 0 saturated heterocycles. The van der Waals surface area contributed by atoms with Crippen molar-refractivity contribution in [2.45, 2.75) is 33.9 Å². The lowest BCUT2D eigenvalue weighted by atomic mass is 10.1. The zero-order chi connectivity index (χ0) is 23.5. The molecule has 33 heavy (non-hydrogen) atoms. The molecule has 0 atom stereocenters. The number of rotatable bonds is 7. The fraction of sp³-hybridized carbons (Fsp3) is 0.208. The van der Waals surface area contributed by atoms with Gasteiger partial charge in [-0.2, -0.15) is 5.10 Å². The Morgan fingerprint density at radius 3 is 2.70 bits per heavy atom. The lowest BCUT2D eigenvalue weighted by Crippen LogP contribution is -2.16. The average molecular weight is 485 g/mol. The molecule has 2 aromatic carbocycles. The number of hydrogen-bond donors (Lipinski definition) is 1. The van der Waals surface area contributed by atoms with Gasteiger partial charge in [0, 0.05) is 12.3 Å². The summed E-state index contributed by atoms with van der Waals surface area (Å²) in [5, 5.41) is 12.1. The molecule has 0 unspecified atom stereocenters. The Morgan fingerprint density at radius 1 is 1.09 bits per heavy atom. The summed E-state index contributed by atoms with van der Waals surface area (Å²) in [6.07, 6.45) is 1.76. The maximum Gasteiger partial charge on any atom is 0.279 e. The standard InChI is InChI=1S/C24H22Cl2N4O3/c1-14-4-5-15(2)21(10-14)32-13-18-16(3)33-29-23(18)24(31)27-22-8-9-30(28-22)12-17-6-7-19(25)20(26)11-17/h4-11H,12-13H2,1-3H3,(H,27,28,31). The summed E-state index contributed by atoms with van der Waals surface area (Å²) in [7, 11) is 0. The molecule has 0 aliphatic carbocycles. The van der Waals surface area contributed by atoms with Gasteiger partial charge < -0.3 is 14.6 Å². The Morgan fingerprint density at radius 2 is 1.91 bits per heavy atom. The SMILES string of the molecule is Cc1ccc(C)c(OCc2c(C(=O)Nc3ccn(Cc4ccc(Cl)c(Cl)c4)n3)noc2C)c1. The minimum absolute atomic E-state index is 0.161. The topological polar surface area (TPSA) is 82.2 Å². The van der Waals surface area contributed by atoms with E-state index in [1.807, 2.05) is 38.1 Å². The number of hydrogen-bond acceptors (Lipinski definition) is 5. The highest BCUT2D eigenvalue weighted by molar-refractivity contribution is 6.42. The average Bonchev–Trinajstić information content (AvgIpc) is 3.37. The molecular weight excluding hydrogens is 463 g/mol. The number of nitrogens with one attached hydrogen (secondary N) is 1. The fourth-order valence-electron chi connectivity index (χ4n) is 3.27. The van der Waals surface area contributed by atoms with Crippen LogP contribution in [0.5, 0.6) is 5.75 Å². The molecule has 2 heterocycles. The van der Waals surface area contributed by atoms with Crippen LogP contribution < -0.4 is 10.1 Å². The first-order chi connectivity index (χ1) is 15.8. The Labute approximate surface area is 201 Å². The summed E-state index contributed by atoms with van der Waals surface area (Å²) in [6.45, 7) is 6.35. The number of aryl methyl sites for hydroxylation is 3. The zero-order valence-electron chi connectivity index (χ0n) is 18.4. The molecule has 7 nitrogen and oxygen atoms in total. The van der Waals surface area contributed by atoms with Crippen LogP contribution in [0.2, 0.25) is 10.0 Å². The Balaban J connectivity index is 1.44. The highest BCUT2D eigenvalue weighted by Crippen LogP contribution is 2.24. The summed E-state index contributed by atoms with van der Waals surface area (Å²) in [6, 6.07) is 13.1. The van der Waals surface area contributed by atoms with Gasteiger partial charge in [0.25, 0.3) is 5.91 Å². The van der Waals surface area contributed by atoms with Gasteiger partial charge in [-0.3, -0.25) is 9.48 Å². The third kappa shape index (κ3) is 5.38. The number of halogens is 2. The largest absolute Gasteiger partial charge is 0.488 e. The summed E-state index contributed by atoms with van der Waals surface area (Å²) in [5.74, 6) is 1.24. The molecule has 0 aliphatic heterocycles. The highest BCUT2D eigenvalue weighted by atomic mass is 35.5. The second-order valence-corrected chi connectivity index (χ2v) is 8.54. The molecule has 0 fully saturated rings. The third-order valence-electron chi connectivity index (χ3n) is 5.13. The molecule has 2 aromatic heterocycles. The molecule has 0 radical (unpaired) electrons.